The van der Waals surface area contributed by atoms with Crippen LogP contribution in [0.25, 0.3) is 0 Å². The third kappa shape index (κ3) is 3.76. The van der Waals surface area contributed by atoms with E-state index in [1.807, 2.05) is 20.8 Å². The van der Waals surface area contributed by atoms with Crippen LogP contribution >= 0.6 is 11.6 Å². The Kier molecular flexibility index (Phi) is 4.57. The zero-order valence-electron chi connectivity index (χ0n) is 12.6. The molecule has 1 aromatic carbocycles. The number of halogens is 1. The molecule has 0 heterocycles. The van der Waals surface area contributed by atoms with Gasteiger partial charge >= 0.3 is 0 Å². The fourth-order valence-corrected chi connectivity index (χ4v) is 2.24. The van der Waals surface area contributed by atoms with Crippen molar-refractivity contribution in [1.29, 1.82) is 0 Å². The second-order valence-corrected chi connectivity index (χ2v) is 6.86. The first-order valence-electron chi connectivity index (χ1n) is 7.19. The van der Waals surface area contributed by atoms with E-state index in [4.69, 9.17) is 11.6 Å². The van der Waals surface area contributed by atoms with E-state index in [-0.39, 0.29) is 17.7 Å². The van der Waals surface area contributed by atoms with Gasteiger partial charge in [0.2, 0.25) is 5.91 Å². The Hall–Kier alpha value is -1.55. The average Bonchev–Trinajstić information content (AvgIpc) is 2.32. The van der Waals surface area contributed by atoms with Gasteiger partial charge in [-0.1, -0.05) is 18.0 Å². The minimum absolute atomic E-state index is 0.0351. The molecule has 0 bridgehead atoms. The molecule has 4 nitrogen and oxygen atoms in total. The maximum Gasteiger partial charge on any atom is 0.272 e. The molecule has 0 saturated heterocycles. The summed E-state index contributed by atoms with van der Waals surface area (Å²) in [6, 6.07) is 6.67. The van der Waals surface area contributed by atoms with E-state index in [1.165, 1.54) is 5.01 Å². The molecule has 0 aliphatic heterocycles. The van der Waals surface area contributed by atoms with Crippen molar-refractivity contribution in [2.75, 3.05) is 0 Å². The van der Waals surface area contributed by atoms with E-state index in [2.05, 4.69) is 5.43 Å². The molecule has 21 heavy (non-hydrogen) atoms. The second kappa shape index (κ2) is 6.06. The predicted molar refractivity (Wildman–Crippen MR) is 82.9 cm³/mol. The summed E-state index contributed by atoms with van der Waals surface area (Å²) >= 11 is 5.84. The Morgan fingerprint density at radius 1 is 1.19 bits per heavy atom. The number of hydrazine groups is 1. The molecule has 0 unspecified atom stereocenters. The number of benzene rings is 1. The number of hydrogen-bond donors (Lipinski definition) is 1. The summed E-state index contributed by atoms with van der Waals surface area (Å²) in [4.78, 5) is 24.8. The summed E-state index contributed by atoms with van der Waals surface area (Å²) in [6.07, 6.45) is 2.89. The zero-order chi connectivity index (χ0) is 15.6. The molecule has 1 saturated carbocycles. The van der Waals surface area contributed by atoms with E-state index < -0.39 is 5.54 Å². The largest absolute Gasteiger partial charge is 0.273 e. The lowest BCUT2D eigenvalue weighted by Crippen LogP contribution is -2.57. The smallest absolute Gasteiger partial charge is 0.272 e. The van der Waals surface area contributed by atoms with Crippen molar-refractivity contribution in [3.63, 3.8) is 0 Å². The second-order valence-electron chi connectivity index (χ2n) is 6.42. The van der Waals surface area contributed by atoms with Crippen LogP contribution in [0.5, 0.6) is 0 Å². The number of carbonyl (C=O) groups is 2. The molecule has 1 N–H and O–H groups in total. The molecule has 114 valence electrons. The Morgan fingerprint density at radius 3 is 2.19 bits per heavy atom. The maximum atomic E-state index is 12.6. The Morgan fingerprint density at radius 2 is 1.76 bits per heavy atom. The third-order valence-electron chi connectivity index (χ3n) is 3.66. The number of rotatable bonds is 2. The van der Waals surface area contributed by atoms with E-state index >= 15 is 0 Å². The summed E-state index contributed by atoms with van der Waals surface area (Å²) in [5, 5.41) is 1.99. The van der Waals surface area contributed by atoms with Gasteiger partial charge in [0.15, 0.2) is 0 Å². The fraction of sp³-hybridized carbons (Fsp3) is 0.500. The molecule has 0 aromatic heterocycles. The summed E-state index contributed by atoms with van der Waals surface area (Å²) in [6.45, 7) is 5.67. The monoisotopic (exact) mass is 308 g/mol. The minimum atomic E-state index is -0.504. The van der Waals surface area contributed by atoms with Crippen molar-refractivity contribution >= 4 is 23.4 Å². The Balaban J connectivity index is 2.17. The number of amides is 2. The third-order valence-corrected chi connectivity index (χ3v) is 3.92. The van der Waals surface area contributed by atoms with Crippen LogP contribution < -0.4 is 5.43 Å². The van der Waals surface area contributed by atoms with Crippen LogP contribution in [0.15, 0.2) is 24.3 Å². The maximum absolute atomic E-state index is 12.6. The summed E-state index contributed by atoms with van der Waals surface area (Å²) in [5.74, 6) is -0.266. The first kappa shape index (κ1) is 15.8. The molecule has 2 rings (SSSR count). The molecule has 2 amide bonds. The predicted octanol–water partition coefficient (Wildman–Crippen LogP) is 3.41. The lowest BCUT2D eigenvalue weighted by atomic mass is 9.85. The molecular weight excluding hydrogens is 288 g/mol. The molecular formula is C16H21ClN2O2. The molecule has 0 atom stereocenters. The van der Waals surface area contributed by atoms with Crippen LogP contribution in [0.3, 0.4) is 0 Å². The normalized spacial score (nSPS) is 15.2. The highest BCUT2D eigenvalue weighted by molar-refractivity contribution is 6.30. The van der Waals surface area contributed by atoms with Crippen LogP contribution in [-0.4, -0.2) is 22.4 Å². The number of carbonyl (C=O) groups excluding carboxylic acids is 2. The highest BCUT2D eigenvalue weighted by Crippen LogP contribution is 2.27. The van der Waals surface area contributed by atoms with E-state index in [9.17, 15) is 9.59 Å². The van der Waals surface area contributed by atoms with Gasteiger partial charge in [0, 0.05) is 16.5 Å². The summed E-state index contributed by atoms with van der Waals surface area (Å²) < 4.78 is 0. The summed E-state index contributed by atoms with van der Waals surface area (Å²) in [5.41, 5.74) is 2.78. The zero-order valence-corrected chi connectivity index (χ0v) is 13.4. The highest BCUT2D eigenvalue weighted by Gasteiger charge is 2.33. The van der Waals surface area contributed by atoms with Crippen molar-refractivity contribution in [3.8, 4) is 0 Å². The van der Waals surface area contributed by atoms with E-state index in [1.54, 1.807) is 24.3 Å². The van der Waals surface area contributed by atoms with Crippen molar-refractivity contribution in [1.82, 2.24) is 10.4 Å². The molecule has 0 radical (unpaired) electrons. The van der Waals surface area contributed by atoms with Gasteiger partial charge in [-0.2, -0.15) is 0 Å². The van der Waals surface area contributed by atoms with Gasteiger partial charge in [-0.15, -0.1) is 0 Å². The van der Waals surface area contributed by atoms with Gasteiger partial charge in [0.05, 0.1) is 5.54 Å². The topological polar surface area (TPSA) is 49.4 Å². The van der Waals surface area contributed by atoms with Crippen LogP contribution in [0.4, 0.5) is 0 Å². The fourth-order valence-electron chi connectivity index (χ4n) is 2.12. The quantitative estimate of drug-likeness (QED) is 0.851. The first-order chi connectivity index (χ1) is 9.79. The average molecular weight is 309 g/mol. The number of hydrogen-bond acceptors (Lipinski definition) is 2. The van der Waals surface area contributed by atoms with E-state index in [0.717, 1.165) is 19.3 Å². The Bertz CT molecular complexity index is 530. The standard InChI is InChI=1S/C16H21ClN2O2/c1-16(2,3)19(18-14(20)11-5-4-6-11)15(21)12-7-9-13(17)10-8-12/h7-11H,4-6H2,1-3H3,(H,18,20). The molecule has 0 spiro atoms. The molecule has 1 aliphatic rings. The van der Waals surface area contributed by atoms with Crippen molar-refractivity contribution < 1.29 is 9.59 Å². The van der Waals surface area contributed by atoms with E-state index in [0.29, 0.717) is 10.6 Å². The van der Waals surface area contributed by atoms with Crippen LogP contribution in [0.2, 0.25) is 5.02 Å². The number of nitrogens with zero attached hydrogens (tertiary/aromatic N) is 1. The Labute approximate surface area is 130 Å². The minimum Gasteiger partial charge on any atom is -0.273 e. The van der Waals surface area contributed by atoms with Gasteiger partial charge < -0.3 is 0 Å². The highest BCUT2D eigenvalue weighted by atomic mass is 35.5. The number of nitrogens with one attached hydrogen (secondary N) is 1. The van der Waals surface area contributed by atoms with Gasteiger partial charge in [-0.05, 0) is 57.9 Å². The summed E-state index contributed by atoms with van der Waals surface area (Å²) in [7, 11) is 0. The molecule has 1 aliphatic carbocycles. The molecule has 5 heteroatoms. The van der Waals surface area contributed by atoms with Crippen LogP contribution in [0, 0.1) is 5.92 Å². The van der Waals surface area contributed by atoms with Crippen molar-refractivity contribution in [2.24, 2.45) is 5.92 Å². The SMILES string of the molecule is CC(C)(C)N(NC(=O)C1CCC1)C(=O)c1ccc(Cl)cc1. The van der Waals surface area contributed by atoms with Gasteiger partial charge in [-0.25, -0.2) is 5.01 Å². The van der Waals surface area contributed by atoms with Gasteiger partial charge in [-0.3, -0.25) is 15.0 Å². The van der Waals surface area contributed by atoms with Crippen LogP contribution in [-0.2, 0) is 4.79 Å². The van der Waals surface area contributed by atoms with Gasteiger partial charge in [0.1, 0.15) is 0 Å². The van der Waals surface area contributed by atoms with Crippen molar-refractivity contribution in [3.05, 3.63) is 34.9 Å². The molecule has 1 aromatic rings. The van der Waals surface area contributed by atoms with Crippen molar-refractivity contribution in [2.45, 2.75) is 45.6 Å². The van der Waals surface area contributed by atoms with Crippen LogP contribution in [0.1, 0.15) is 50.4 Å². The van der Waals surface area contributed by atoms with Gasteiger partial charge in [0.25, 0.3) is 5.91 Å². The molecule has 1 fully saturated rings. The lowest BCUT2D eigenvalue weighted by molar-refractivity contribution is -0.133. The first-order valence-corrected chi connectivity index (χ1v) is 7.57. The lowest BCUT2D eigenvalue weighted by Gasteiger charge is -2.37.